The number of guanidine groups is 1. The SMILES string of the molecule is CCNC(=NCc1ccc(S(C)(=O)=O)c(C)c1)NCCN1c2ccccc2CC1C.I. The van der Waals surface area contributed by atoms with Crippen molar-refractivity contribution in [1.82, 2.24) is 10.6 Å². The molecule has 2 N–H and O–H groups in total. The van der Waals surface area contributed by atoms with Crippen LogP contribution in [0.15, 0.2) is 52.4 Å². The van der Waals surface area contributed by atoms with Gasteiger partial charge < -0.3 is 15.5 Å². The van der Waals surface area contributed by atoms with E-state index in [0.717, 1.165) is 43.1 Å². The Hall–Kier alpha value is -1.81. The van der Waals surface area contributed by atoms with Gasteiger partial charge in [0.15, 0.2) is 15.8 Å². The summed E-state index contributed by atoms with van der Waals surface area (Å²) in [5.41, 5.74) is 4.48. The molecular formula is C23H33IN4O2S. The molecule has 2 aromatic carbocycles. The summed E-state index contributed by atoms with van der Waals surface area (Å²) in [7, 11) is -3.20. The Morgan fingerprint density at radius 1 is 1.19 bits per heavy atom. The number of nitrogens with one attached hydrogen (secondary N) is 2. The molecule has 1 atom stereocenters. The van der Waals surface area contributed by atoms with E-state index in [2.05, 4.69) is 51.7 Å². The first-order chi connectivity index (χ1) is 14.3. The molecule has 0 fully saturated rings. The average molecular weight is 557 g/mol. The number of sulfone groups is 1. The number of fused-ring (bicyclic) bond motifs is 1. The summed E-state index contributed by atoms with van der Waals surface area (Å²) >= 11 is 0. The van der Waals surface area contributed by atoms with Crippen LogP contribution in [0.25, 0.3) is 0 Å². The fourth-order valence-corrected chi connectivity index (χ4v) is 4.96. The van der Waals surface area contributed by atoms with Crippen molar-refractivity contribution < 1.29 is 8.42 Å². The molecule has 1 unspecified atom stereocenters. The highest BCUT2D eigenvalue weighted by atomic mass is 127. The maximum atomic E-state index is 11.8. The van der Waals surface area contributed by atoms with Gasteiger partial charge in [-0.15, -0.1) is 24.0 Å². The fraction of sp³-hybridized carbons (Fsp3) is 0.435. The lowest BCUT2D eigenvalue weighted by Gasteiger charge is -2.25. The summed E-state index contributed by atoms with van der Waals surface area (Å²) in [6, 6.07) is 14.5. The Morgan fingerprint density at radius 3 is 2.61 bits per heavy atom. The molecule has 0 spiro atoms. The molecule has 1 aliphatic rings. The van der Waals surface area contributed by atoms with E-state index < -0.39 is 9.84 Å². The molecule has 0 aromatic heterocycles. The zero-order chi connectivity index (χ0) is 21.7. The van der Waals surface area contributed by atoms with Gasteiger partial charge in [-0.3, -0.25) is 0 Å². The highest BCUT2D eigenvalue weighted by molar-refractivity contribution is 14.0. The van der Waals surface area contributed by atoms with Crippen molar-refractivity contribution in [3.63, 3.8) is 0 Å². The van der Waals surface area contributed by atoms with Crippen molar-refractivity contribution in [2.24, 2.45) is 4.99 Å². The van der Waals surface area contributed by atoms with E-state index in [1.807, 2.05) is 26.0 Å². The number of halogens is 1. The minimum Gasteiger partial charge on any atom is -0.367 e. The Kier molecular flexibility index (Phi) is 9.17. The summed E-state index contributed by atoms with van der Waals surface area (Å²) in [4.78, 5) is 7.49. The monoisotopic (exact) mass is 556 g/mol. The van der Waals surface area contributed by atoms with Crippen LogP contribution in [-0.2, 0) is 22.8 Å². The van der Waals surface area contributed by atoms with E-state index in [4.69, 9.17) is 0 Å². The van der Waals surface area contributed by atoms with Gasteiger partial charge in [-0.05, 0) is 56.0 Å². The molecule has 0 saturated heterocycles. The Balaban J connectivity index is 0.00000341. The number of hydrogen-bond acceptors (Lipinski definition) is 4. The maximum Gasteiger partial charge on any atom is 0.191 e. The molecule has 0 saturated carbocycles. The second kappa shape index (κ2) is 11.2. The first-order valence-electron chi connectivity index (χ1n) is 10.5. The molecule has 2 aromatic rings. The topological polar surface area (TPSA) is 73.8 Å². The second-order valence-electron chi connectivity index (χ2n) is 7.87. The van der Waals surface area contributed by atoms with E-state index in [-0.39, 0.29) is 24.0 Å². The van der Waals surface area contributed by atoms with Crippen LogP contribution in [-0.4, -0.2) is 46.3 Å². The van der Waals surface area contributed by atoms with Crippen molar-refractivity contribution in [3.05, 3.63) is 59.2 Å². The van der Waals surface area contributed by atoms with Gasteiger partial charge in [0.1, 0.15) is 0 Å². The van der Waals surface area contributed by atoms with E-state index >= 15 is 0 Å². The van der Waals surface area contributed by atoms with Crippen molar-refractivity contribution in [2.45, 2.75) is 44.7 Å². The number of anilines is 1. The van der Waals surface area contributed by atoms with E-state index in [1.165, 1.54) is 17.5 Å². The molecular weight excluding hydrogens is 523 g/mol. The quantitative estimate of drug-likeness (QED) is 0.310. The molecule has 8 heteroatoms. The zero-order valence-corrected chi connectivity index (χ0v) is 21.8. The molecule has 1 heterocycles. The van der Waals surface area contributed by atoms with Crippen LogP contribution < -0.4 is 15.5 Å². The average Bonchev–Trinajstić information content (AvgIpc) is 3.00. The third-order valence-corrected chi connectivity index (χ3v) is 6.65. The number of nitrogens with zero attached hydrogens (tertiary/aromatic N) is 2. The Bertz CT molecular complexity index is 1020. The maximum absolute atomic E-state index is 11.8. The summed E-state index contributed by atoms with van der Waals surface area (Å²) in [6.45, 7) is 9.09. The molecule has 31 heavy (non-hydrogen) atoms. The van der Waals surface area contributed by atoms with Crippen molar-refractivity contribution in [3.8, 4) is 0 Å². The number of benzene rings is 2. The van der Waals surface area contributed by atoms with E-state index in [0.29, 0.717) is 17.5 Å². The predicted molar refractivity (Wildman–Crippen MR) is 139 cm³/mol. The third-order valence-electron chi connectivity index (χ3n) is 5.40. The minimum absolute atomic E-state index is 0. The number of hydrogen-bond donors (Lipinski definition) is 2. The smallest absolute Gasteiger partial charge is 0.191 e. The summed E-state index contributed by atoms with van der Waals surface area (Å²) in [5, 5.41) is 6.70. The number of aliphatic imine (C=N–C) groups is 1. The van der Waals surface area contributed by atoms with Gasteiger partial charge in [-0.1, -0.05) is 30.3 Å². The Morgan fingerprint density at radius 2 is 1.94 bits per heavy atom. The number of rotatable bonds is 7. The van der Waals surface area contributed by atoms with Gasteiger partial charge in [0.05, 0.1) is 11.4 Å². The Labute approximate surface area is 203 Å². The van der Waals surface area contributed by atoms with Crippen LogP contribution in [0.1, 0.15) is 30.5 Å². The highest BCUT2D eigenvalue weighted by Gasteiger charge is 2.24. The van der Waals surface area contributed by atoms with Gasteiger partial charge in [-0.2, -0.15) is 0 Å². The van der Waals surface area contributed by atoms with Crippen LogP contribution in [0, 0.1) is 6.92 Å². The van der Waals surface area contributed by atoms with Gasteiger partial charge in [-0.25, -0.2) is 13.4 Å². The minimum atomic E-state index is -3.20. The van der Waals surface area contributed by atoms with Gasteiger partial charge >= 0.3 is 0 Å². The summed E-state index contributed by atoms with van der Waals surface area (Å²) in [5.74, 6) is 0.766. The lowest BCUT2D eigenvalue weighted by atomic mass is 10.1. The molecule has 0 radical (unpaired) electrons. The zero-order valence-electron chi connectivity index (χ0n) is 18.7. The predicted octanol–water partition coefficient (Wildman–Crippen LogP) is 3.52. The molecule has 170 valence electrons. The molecule has 3 rings (SSSR count). The number of para-hydroxylation sites is 1. The standard InChI is InChI=1S/C23H32N4O2S.HI/c1-5-24-23(26-16-19-10-11-22(17(2)14-19)30(4,28)29)25-12-13-27-18(3)15-20-8-6-7-9-21(20)27;/h6-11,14,18H,5,12-13,15-16H2,1-4H3,(H2,24,25,26);1H. The normalized spacial score (nSPS) is 15.9. The molecule has 0 bridgehead atoms. The highest BCUT2D eigenvalue weighted by Crippen LogP contribution is 2.31. The third kappa shape index (κ3) is 6.58. The summed E-state index contributed by atoms with van der Waals surface area (Å²) < 4.78 is 23.6. The van der Waals surface area contributed by atoms with Gasteiger partial charge in [0.2, 0.25) is 0 Å². The second-order valence-corrected chi connectivity index (χ2v) is 9.85. The lowest BCUT2D eigenvalue weighted by molar-refractivity contribution is 0.601. The van der Waals surface area contributed by atoms with Crippen LogP contribution in [0.5, 0.6) is 0 Å². The number of aryl methyl sites for hydroxylation is 1. The lowest BCUT2D eigenvalue weighted by Crippen LogP contribution is -2.42. The molecule has 1 aliphatic heterocycles. The van der Waals surface area contributed by atoms with Gasteiger partial charge in [0.25, 0.3) is 0 Å². The molecule has 0 aliphatic carbocycles. The first kappa shape index (κ1) is 25.5. The van der Waals surface area contributed by atoms with E-state index in [1.54, 1.807) is 6.07 Å². The van der Waals surface area contributed by atoms with Crippen molar-refractivity contribution in [2.75, 3.05) is 30.8 Å². The van der Waals surface area contributed by atoms with Crippen LogP contribution in [0.2, 0.25) is 0 Å². The van der Waals surface area contributed by atoms with Crippen LogP contribution in [0.3, 0.4) is 0 Å². The largest absolute Gasteiger partial charge is 0.367 e. The van der Waals surface area contributed by atoms with Gasteiger partial charge in [0, 0.05) is 37.6 Å². The van der Waals surface area contributed by atoms with E-state index in [9.17, 15) is 8.42 Å². The van der Waals surface area contributed by atoms with Crippen molar-refractivity contribution >= 4 is 45.5 Å². The van der Waals surface area contributed by atoms with Crippen molar-refractivity contribution in [1.29, 1.82) is 0 Å². The fourth-order valence-electron chi connectivity index (χ4n) is 4.00. The first-order valence-corrected chi connectivity index (χ1v) is 12.3. The molecule has 6 nitrogen and oxygen atoms in total. The van der Waals surface area contributed by atoms with Crippen LogP contribution >= 0.6 is 24.0 Å². The summed E-state index contributed by atoms with van der Waals surface area (Å²) in [6.07, 6.45) is 2.33. The molecule has 0 amide bonds. The van der Waals surface area contributed by atoms with Crippen LogP contribution in [0.4, 0.5) is 5.69 Å².